The molecule has 2 aromatic rings. The van der Waals surface area contributed by atoms with E-state index in [1.165, 1.54) is 5.56 Å². The Kier molecular flexibility index (Phi) is 5.65. The molecule has 5 heteroatoms. The first-order valence-corrected chi connectivity index (χ1v) is 10.2. The second-order valence-electron chi connectivity index (χ2n) is 7.48. The second-order valence-corrected chi connectivity index (χ2v) is 7.91. The maximum atomic E-state index is 12.7. The molecule has 0 radical (unpaired) electrons. The van der Waals surface area contributed by atoms with Crippen LogP contribution >= 0.6 is 11.6 Å². The summed E-state index contributed by atoms with van der Waals surface area (Å²) in [7, 11) is 0. The highest BCUT2D eigenvalue weighted by Gasteiger charge is 2.27. The van der Waals surface area contributed by atoms with Gasteiger partial charge in [0.15, 0.2) is 0 Å². The first-order chi connectivity index (χ1) is 13.2. The number of carbonyl (C=O) groups is 1. The molecule has 4 rings (SSSR count). The van der Waals surface area contributed by atoms with Gasteiger partial charge in [0.05, 0.1) is 0 Å². The van der Waals surface area contributed by atoms with Crippen molar-refractivity contribution < 1.29 is 4.79 Å². The average molecular weight is 384 g/mol. The Morgan fingerprint density at radius 3 is 2.63 bits per heavy atom. The van der Waals surface area contributed by atoms with Crippen molar-refractivity contribution in [3.8, 4) is 0 Å². The van der Waals surface area contributed by atoms with E-state index in [4.69, 9.17) is 11.6 Å². The predicted molar refractivity (Wildman–Crippen MR) is 111 cm³/mol. The minimum absolute atomic E-state index is 0.0267. The van der Waals surface area contributed by atoms with Crippen molar-refractivity contribution in [1.82, 2.24) is 10.2 Å². The smallest absolute Gasteiger partial charge is 0.322 e. The van der Waals surface area contributed by atoms with Gasteiger partial charge in [-0.2, -0.15) is 0 Å². The van der Waals surface area contributed by atoms with E-state index >= 15 is 0 Å². The van der Waals surface area contributed by atoms with E-state index in [2.05, 4.69) is 40.5 Å². The minimum atomic E-state index is 0.0267. The first-order valence-electron chi connectivity index (χ1n) is 9.82. The van der Waals surface area contributed by atoms with Crippen LogP contribution in [-0.4, -0.2) is 43.2 Å². The number of hydrogen-bond donors (Lipinski definition) is 1. The van der Waals surface area contributed by atoms with Gasteiger partial charge < -0.3 is 10.2 Å². The summed E-state index contributed by atoms with van der Waals surface area (Å²) >= 11 is 6.06. The summed E-state index contributed by atoms with van der Waals surface area (Å²) in [4.78, 5) is 17.1. The van der Waals surface area contributed by atoms with Crippen molar-refractivity contribution >= 4 is 23.3 Å². The fourth-order valence-corrected chi connectivity index (χ4v) is 4.26. The molecule has 2 heterocycles. The van der Waals surface area contributed by atoms with Gasteiger partial charge in [-0.3, -0.25) is 4.90 Å². The SMILES string of the molecule is O=C(NC1CCN(CCc2ccccc2)CC1)N1CCc2cc(Cl)ccc21. The fourth-order valence-electron chi connectivity index (χ4n) is 4.07. The number of halogens is 1. The zero-order valence-electron chi connectivity index (χ0n) is 15.5. The van der Waals surface area contributed by atoms with Crippen LogP contribution in [0.4, 0.5) is 10.5 Å². The summed E-state index contributed by atoms with van der Waals surface area (Å²) < 4.78 is 0. The van der Waals surface area contributed by atoms with E-state index in [9.17, 15) is 4.79 Å². The number of hydrogen-bond acceptors (Lipinski definition) is 2. The van der Waals surface area contributed by atoms with Gasteiger partial charge in [-0.15, -0.1) is 0 Å². The van der Waals surface area contributed by atoms with Gasteiger partial charge in [-0.1, -0.05) is 41.9 Å². The van der Waals surface area contributed by atoms with Crippen LogP contribution in [-0.2, 0) is 12.8 Å². The van der Waals surface area contributed by atoms with E-state index in [0.29, 0.717) is 0 Å². The number of nitrogens with zero attached hydrogens (tertiary/aromatic N) is 2. The Balaban J connectivity index is 1.24. The molecule has 142 valence electrons. The highest BCUT2D eigenvalue weighted by atomic mass is 35.5. The van der Waals surface area contributed by atoms with E-state index in [0.717, 1.165) is 68.1 Å². The van der Waals surface area contributed by atoms with Crippen LogP contribution in [0.1, 0.15) is 24.0 Å². The molecular weight excluding hydrogens is 358 g/mol. The number of urea groups is 1. The summed E-state index contributed by atoms with van der Waals surface area (Å²) in [5, 5.41) is 3.97. The molecule has 2 aliphatic heterocycles. The van der Waals surface area contributed by atoms with Crippen LogP contribution < -0.4 is 10.2 Å². The zero-order valence-corrected chi connectivity index (χ0v) is 16.3. The van der Waals surface area contributed by atoms with Gasteiger partial charge in [-0.25, -0.2) is 4.79 Å². The highest BCUT2D eigenvalue weighted by Crippen LogP contribution is 2.30. The summed E-state index contributed by atoms with van der Waals surface area (Å²) in [5.41, 5.74) is 3.55. The number of piperidine rings is 1. The van der Waals surface area contributed by atoms with Crippen molar-refractivity contribution in [3.05, 3.63) is 64.7 Å². The molecule has 0 unspecified atom stereocenters. The normalized spacial score (nSPS) is 17.7. The number of likely N-dealkylation sites (tertiary alicyclic amines) is 1. The lowest BCUT2D eigenvalue weighted by Crippen LogP contribution is -2.49. The summed E-state index contributed by atoms with van der Waals surface area (Å²) in [6.45, 7) is 3.91. The fraction of sp³-hybridized carbons (Fsp3) is 0.409. The lowest BCUT2D eigenvalue weighted by atomic mass is 10.0. The summed E-state index contributed by atoms with van der Waals surface area (Å²) in [5.74, 6) is 0. The molecule has 1 fully saturated rings. The molecule has 2 aromatic carbocycles. The molecule has 0 saturated carbocycles. The van der Waals surface area contributed by atoms with Crippen molar-refractivity contribution in [1.29, 1.82) is 0 Å². The van der Waals surface area contributed by atoms with E-state index in [1.54, 1.807) is 0 Å². The largest absolute Gasteiger partial charge is 0.335 e. The molecule has 27 heavy (non-hydrogen) atoms. The van der Waals surface area contributed by atoms with E-state index in [1.807, 2.05) is 23.1 Å². The monoisotopic (exact) mass is 383 g/mol. The molecule has 0 bridgehead atoms. The van der Waals surface area contributed by atoms with Crippen molar-refractivity contribution in [2.24, 2.45) is 0 Å². The van der Waals surface area contributed by atoms with Gasteiger partial charge in [0, 0.05) is 42.9 Å². The lowest BCUT2D eigenvalue weighted by Gasteiger charge is -2.33. The quantitative estimate of drug-likeness (QED) is 0.862. The van der Waals surface area contributed by atoms with Crippen LogP contribution in [0.15, 0.2) is 48.5 Å². The third-order valence-corrected chi connectivity index (χ3v) is 5.89. The molecule has 1 saturated heterocycles. The molecule has 4 nitrogen and oxygen atoms in total. The second kappa shape index (κ2) is 8.32. The molecule has 1 N–H and O–H groups in total. The Morgan fingerprint density at radius 1 is 1.07 bits per heavy atom. The van der Waals surface area contributed by atoms with Crippen molar-refractivity contribution in [2.45, 2.75) is 31.7 Å². The van der Waals surface area contributed by atoms with Crippen LogP contribution in [0, 0.1) is 0 Å². The van der Waals surface area contributed by atoms with Crippen LogP contribution in [0.2, 0.25) is 5.02 Å². The number of nitrogens with one attached hydrogen (secondary N) is 1. The van der Waals surface area contributed by atoms with Gasteiger partial charge in [0.25, 0.3) is 0 Å². The molecule has 2 aliphatic rings. The van der Waals surface area contributed by atoms with Gasteiger partial charge >= 0.3 is 6.03 Å². The Morgan fingerprint density at radius 2 is 1.85 bits per heavy atom. The number of fused-ring (bicyclic) bond motifs is 1. The first kappa shape index (κ1) is 18.3. The number of rotatable bonds is 4. The number of benzene rings is 2. The molecule has 0 spiro atoms. The number of amides is 2. The zero-order chi connectivity index (χ0) is 18.6. The standard InChI is InChI=1S/C22H26ClN3O/c23-19-6-7-21-18(16-19)9-15-26(21)22(27)24-20-10-13-25(14-11-20)12-8-17-4-2-1-3-5-17/h1-7,16,20H,8-15H2,(H,24,27). The van der Waals surface area contributed by atoms with Crippen LogP contribution in [0.5, 0.6) is 0 Å². The van der Waals surface area contributed by atoms with Gasteiger partial charge in [0.1, 0.15) is 0 Å². The maximum absolute atomic E-state index is 12.7. The summed E-state index contributed by atoms with van der Waals surface area (Å²) in [6.07, 6.45) is 4.00. The topological polar surface area (TPSA) is 35.6 Å². The Labute approximate surface area is 166 Å². The van der Waals surface area contributed by atoms with Crippen molar-refractivity contribution in [2.75, 3.05) is 31.1 Å². The third kappa shape index (κ3) is 4.45. The number of carbonyl (C=O) groups excluding carboxylic acids is 1. The van der Waals surface area contributed by atoms with Crippen LogP contribution in [0.3, 0.4) is 0 Å². The predicted octanol–water partition coefficient (Wildman–Crippen LogP) is 4.12. The molecule has 0 atom stereocenters. The van der Waals surface area contributed by atoms with Crippen molar-refractivity contribution in [3.63, 3.8) is 0 Å². The lowest BCUT2D eigenvalue weighted by molar-refractivity contribution is 0.196. The molecular formula is C22H26ClN3O. The van der Waals surface area contributed by atoms with Gasteiger partial charge in [0.2, 0.25) is 0 Å². The summed E-state index contributed by atoms with van der Waals surface area (Å²) in [6, 6.07) is 16.7. The molecule has 0 aromatic heterocycles. The number of anilines is 1. The Bertz CT molecular complexity index is 787. The van der Waals surface area contributed by atoms with Crippen LogP contribution in [0.25, 0.3) is 0 Å². The average Bonchev–Trinajstić information content (AvgIpc) is 3.11. The van der Waals surface area contributed by atoms with Gasteiger partial charge in [-0.05, 0) is 55.0 Å². The van der Waals surface area contributed by atoms with E-state index in [-0.39, 0.29) is 12.1 Å². The molecule has 0 aliphatic carbocycles. The van der Waals surface area contributed by atoms with E-state index < -0.39 is 0 Å². The maximum Gasteiger partial charge on any atom is 0.322 e. The molecule has 2 amide bonds. The highest BCUT2D eigenvalue weighted by molar-refractivity contribution is 6.30. The Hall–Kier alpha value is -2.04. The third-order valence-electron chi connectivity index (χ3n) is 5.66. The minimum Gasteiger partial charge on any atom is -0.335 e.